The van der Waals surface area contributed by atoms with Crippen LogP contribution in [0.1, 0.15) is 68.9 Å². The zero-order valence-corrected chi connectivity index (χ0v) is 39.5. The van der Waals surface area contributed by atoms with Crippen molar-refractivity contribution in [3.05, 3.63) is 194 Å². The van der Waals surface area contributed by atoms with E-state index in [2.05, 4.69) is 126 Å². The molecule has 0 amide bonds. The maximum absolute atomic E-state index is 4.52. The zero-order chi connectivity index (χ0) is 43.6. The molecule has 64 heavy (non-hydrogen) atoms. The van der Waals surface area contributed by atoms with Crippen LogP contribution in [-0.2, 0) is 39.0 Å². The Morgan fingerprint density at radius 1 is 0.391 bits per heavy atom. The van der Waals surface area contributed by atoms with E-state index in [-0.39, 0.29) is 19.5 Å². The quantitative estimate of drug-likeness (QED) is 0.0399. The van der Waals surface area contributed by atoms with Crippen LogP contribution in [0.5, 0.6) is 0 Å². The number of thiol groups is 1. The third-order valence-electron chi connectivity index (χ3n) is 10.5. The van der Waals surface area contributed by atoms with Crippen molar-refractivity contribution in [1.82, 2.24) is 29.9 Å². The van der Waals surface area contributed by atoms with Crippen LogP contribution < -0.4 is 9.13 Å². The minimum atomic E-state index is 0. The van der Waals surface area contributed by atoms with Crippen LogP contribution in [0, 0.1) is 6.92 Å². The molecule has 0 unspecified atom stereocenters. The van der Waals surface area contributed by atoms with Gasteiger partial charge in [0.2, 0.25) is 0 Å². The van der Waals surface area contributed by atoms with Crippen molar-refractivity contribution in [2.45, 2.75) is 84.2 Å². The van der Waals surface area contributed by atoms with Gasteiger partial charge in [-0.05, 0) is 140 Å². The molecule has 10 heteroatoms. The minimum Gasteiger partial charge on any atom is -0.255 e. The van der Waals surface area contributed by atoms with Gasteiger partial charge in [-0.2, -0.15) is 12.6 Å². The second-order valence-corrected chi connectivity index (χ2v) is 15.9. The van der Waals surface area contributed by atoms with Gasteiger partial charge in [0.1, 0.15) is 13.1 Å². The van der Waals surface area contributed by atoms with Crippen LogP contribution in [0.25, 0.3) is 45.3 Å². The first-order valence-electron chi connectivity index (χ1n) is 22.3. The van der Waals surface area contributed by atoms with E-state index in [1.807, 2.05) is 91.3 Å². The van der Waals surface area contributed by atoms with Gasteiger partial charge in [-0.15, -0.1) is 0 Å². The average Bonchev–Trinajstić information content (AvgIpc) is 3.36. The van der Waals surface area contributed by atoms with Crippen molar-refractivity contribution in [1.29, 1.82) is 0 Å². The number of hydrogen-bond donors (Lipinski definition) is 1. The van der Waals surface area contributed by atoms with E-state index in [1.165, 1.54) is 80.0 Å². The molecule has 0 bridgehead atoms. The fraction of sp³-hybridized carbons (Fsp3) is 0.259. The maximum atomic E-state index is 4.52. The molecule has 0 aliphatic heterocycles. The Balaban J connectivity index is 0.000000247. The summed E-state index contributed by atoms with van der Waals surface area (Å²) in [7, 11) is 0. The molecular formula is C54H60N8RuS+2. The molecule has 8 aromatic rings. The van der Waals surface area contributed by atoms with E-state index in [0.29, 0.717) is 0 Å². The van der Waals surface area contributed by atoms with Crippen LogP contribution in [-0.4, -0.2) is 35.7 Å². The number of aromatic nitrogens is 8. The van der Waals surface area contributed by atoms with Crippen LogP contribution >= 0.6 is 12.6 Å². The maximum Gasteiger partial charge on any atom is 0.169 e. The first kappa shape index (κ1) is 49.2. The Kier molecular flexibility index (Phi) is 22.1. The van der Waals surface area contributed by atoms with Gasteiger partial charge in [0.25, 0.3) is 0 Å². The van der Waals surface area contributed by atoms with Gasteiger partial charge in [-0.25, -0.2) is 9.13 Å². The van der Waals surface area contributed by atoms with Crippen molar-refractivity contribution in [3.8, 4) is 45.3 Å². The van der Waals surface area contributed by atoms with Gasteiger partial charge in [0.05, 0.1) is 34.2 Å². The number of rotatable bonds is 18. The van der Waals surface area contributed by atoms with E-state index < -0.39 is 0 Å². The van der Waals surface area contributed by atoms with Crippen molar-refractivity contribution >= 4 is 12.6 Å². The average molecular weight is 954 g/mol. The van der Waals surface area contributed by atoms with Crippen LogP contribution in [0.15, 0.2) is 183 Å². The molecule has 8 heterocycles. The fourth-order valence-corrected chi connectivity index (χ4v) is 7.24. The first-order chi connectivity index (χ1) is 31.1. The van der Waals surface area contributed by atoms with Crippen LogP contribution in [0.4, 0.5) is 0 Å². The molecule has 0 radical (unpaired) electrons. The van der Waals surface area contributed by atoms with E-state index in [0.717, 1.165) is 59.4 Å². The molecule has 0 aromatic carbocycles. The van der Waals surface area contributed by atoms with Crippen LogP contribution in [0.3, 0.4) is 0 Å². The largest absolute Gasteiger partial charge is 0.255 e. The van der Waals surface area contributed by atoms with Gasteiger partial charge in [-0.3, -0.25) is 29.9 Å². The van der Waals surface area contributed by atoms with E-state index >= 15 is 0 Å². The Morgan fingerprint density at radius 3 is 1.20 bits per heavy atom. The van der Waals surface area contributed by atoms with Gasteiger partial charge in [0, 0.05) is 93.8 Å². The Labute approximate surface area is 398 Å². The molecule has 0 fully saturated rings. The molecule has 8 rings (SSSR count). The van der Waals surface area contributed by atoms with Gasteiger partial charge in [0.15, 0.2) is 24.8 Å². The molecule has 0 saturated heterocycles. The second-order valence-electron chi connectivity index (χ2n) is 15.4. The summed E-state index contributed by atoms with van der Waals surface area (Å²) in [6, 6.07) is 40.6. The molecule has 328 valence electrons. The molecule has 0 saturated carbocycles. The molecule has 0 atom stereocenters. The summed E-state index contributed by atoms with van der Waals surface area (Å²) in [6.07, 6.45) is 32.1. The second kappa shape index (κ2) is 28.8. The number of nitrogens with zero attached hydrogens (tertiary/aromatic N) is 8. The SMILES string of the molecule is Cc1ccnc(-c2cc(CCCCCCC[n+]3ccc(-c4cc[n+](CCCCCCS)cc4)cc3)ccn2)c1.[Ru].c1ccc(-c2ccccn2)nc1.c1ccc(-c2ccccn2)nc1. The summed E-state index contributed by atoms with van der Waals surface area (Å²) < 4.78 is 4.61. The Bertz CT molecular complexity index is 2290. The number of unbranched alkanes of at least 4 members (excludes halogenated alkanes) is 7. The molecule has 8 aromatic heterocycles. The summed E-state index contributed by atoms with van der Waals surface area (Å²) >= 11 is 4.29. The third-order valence-corrected chi connectivity index (χ3v) is 10.8. The normalized spacial score (nSPS) is 10.4. The van der Waals surface area contributed by atoms with E-state index in [9.17, 15) is 0 Å². The summed E-state index contributed by atoms with van der Waals surface area (Å²) in [5.41, 5.74) is 10.7. The predicted molar refractivity (Wildman–Crippen MR) is 259 cm³/mol. The van der Waals surface area contributed by atoms with Crippen molar-refractivity contribution in [2.75, 3.05) is 5.75 Å². The van der Waals surface area contributed by atoms with E-state index in [1.54, 1.807) is 24.8 Å². The number of aryl methyl sites for hydroxylation is 4. The standard InChI is InChI=1S/C34H43N4S.2C10H8N2.Ru/c1-29-12-18-35-33(27-29)34-28-30(13-19-36-34)11-7-3-2-4-8-20-37-22-14-31(15-23-37)32-16-24-38(25-17-32)21-9-5-6-10-26-39;2*1-3-7-11-9(5-1)10-6-2-4-8-12-10;/h12-19,22-25,27-28H,2-11,20-21,26H2,1H3;2*1-8H;/q+1;;;/p+1. The number of pyridine rings is 8. The van der Waals surface area contributed by atoms with Gasteiger partial charge >= 0.3 is 0 Å². The Morgan fingerprint density at radius 2 is 0.781 bits per heavy atom. The number of hydrogen-bond acceptors (Lipinski definition) is 7. The minimum absolute atomic E-state index is 0. The zero-order valence-electron chi connectivity index (χ0n) is 36.9. The van der Waals surface area contributed by atoms with Crippen molar-refractivity contribution < 1.29 is 28.6 Å². The molecule has 0 aliphatic rings. The summed E-state index contributed by atoms with van der Waals surface area (Å²) in [5.74, 6) is 1.00. The van der Waals surface area contributed by atoms with Crippen molar-refractivity contribution in [2.24, 2.45) is 0 Å². The summed E-state index contributed by atoms with van der Waals surface area (Å²) in [4.78, 5) is 25.7. The van der Waals surface area contributed by atoms with Gasteiger partial charge in [-0.1, -0.05) is 43.5 Å². The van der Waals surface area contributed by atoms with Crippen molar-refractivity contribution in [3.63, 3.8) is 0 Å². The predicted octanol–water partition coefficient (Wildman–Crippen LogP) is 11.7. The van der Waals surface area contributed by atoms with Crippen LogP contribution in [0.2, 0.25) is 0 Å². The van der Waals surface area contributed by atoms with E-state index in [4.69, 9.17) is 0 Å². The first-order valence-corrected chi connectivity index (χ1v) is 22.9. The fourth-order valence-electron chi connectivity index (χ4n) is 7.01. The summed E-state index contributed by atoms with van der Waals surface area (Å²) in [6.45, 7) is 4.27. The topological polar surface area (TPSA) is 85.1 Å². The molecular weight excluding hydrogens is 894 g/mol. The Hall–Kier alpha value is -5.83. The molecule has 0 N–H and O–H groups in total. The summed E-state index contributed by atoms with van der Waals surface area (Å²) in [5, 5.41) is 0. The third kappa shape index (κ3) is 17.4. The molecule has 8 nitrogen and oxygen atoms in total. The monoisotopic (exact) mass is 954 g/mol. The van der Waals surface area contributed by atoms with Gasteiger partial charge < -0.3 is 0 Å². The smallest absolute Gasteiger partial charge is 0.169 e. The molecule has 0 aliphatic carbocycles. The molecule has 0 spiro atoms.